The number of rotatable bonds is 7. The molecule has 3 unspecified atom stereocenters. The first-order valence-corrected chi connectivity index (χ1v) is 11.0. The van der Waals surface area contributed by atoms with Crippen LogP contribution in [0, 0.1) is 22.9 Å². The number of likely N-dealkylation sites (tertiary alicyclic amines) is 1. The third-order valence-corrected chi connectivity index (χ3v) is 6.72. The Morgan fingerprint density at radius 1 is 1.26 bits per heavy atom. The van der Waals surface area contributed by atoms with Crippen LogP contribution < -0.4 is 9.86 Å². The average Bonchev–Trinajstić information content (AvgIpc) is 3.43. The third kappa shape index (κ3) is 3.89. The minimum Gasteiger partial charge on any atom is -0.395 e. The summed E-state index contributed by atoms with van der Waals surface area (Å²) >= 11 is -1.70. The lowest BCUT2D eigenvalue weighted by Gasteiger charge is -2.43. The molecule has 0 aromatic heterocycles. The number of nitrogens with zero attached hydrogens (tertiary/aromatic N) is 1. The molecule has 4 atom stereocenters. The topological polar surface area (TPSA) is 95.7 Å². The van der Waals surface area contributed by atoms with Crippen LogP contribution in [-0.4, -0.2) is 45.9 Å². The molecule has 1 heterocycles. The van der Waals surface area contributed by atoms with E-state index in [9.17, 15) is 27.3 Å². The smallest absolute Gasteiger partial charge is 0.232 e. The van der Waals surface area contributed by atoms with Crippen LogP contribution in [-0.2, 0) is 16.0 Å². The molecule has 1 amide bonds. The molecule has 2 aromatic carbocycles. The molecule has 4 rings (SSSR count). The number of hydrogen-bond acceptors (Lipinski definition) is 3. The van der Waals surface area contributed by atoms with E-state index in [1.807, 2.05) is 0 Å². The second-order valence-electron chi connectivity index (χ2n) is 7.99. The van der Waals surface area contributed by atoms with Gasteiger partial charge in [-0.05, 0) is 48.2 Å². The highest BCUT2D eigenvalue weighted by atomic mass is 32.2. The zero-order valence-electron chi connectivity index (χ0n) is 16.5. The molecule has 1 saturated carbocycles. The summed E-state index contributed by atoms with van der Waals surface area (Å²) in [6.45, 7) is 0.283. The number of aliphatic hydroxyl groups is 1. The summed E-state index contributed by atoms with van der Waals surface area (Å²) in [5.41, 5.74) is -1.07. The molecule has 2 aliphatic rings. The van der Waals surface area contributed by atoms with Gasteiger partial charge >= 0.3 is 0 Å². The molecule has 0 spiro atoms. The van der Waals surface area contributed by atoms with Crippen molar-refractivity contribution < 1.29 is 27.3 Å². The van der Waals surface area contributed by atoms with Crippen molar-refractivity contribution in [2.45, 2.75) is 24.8 Å². The quantitative estimate of drug-likeness (QED) is 0.598. The van der Waals surface area contributed by atoms with Crippen LogP contribution >= 0.6 is 0 Å². The summed E-state index contributed by atoms with van der Waals surface area (Å²) in [5, 5.41) is 15.3. The molecular weight excluding hydrogens is 431 g/mol. The maximum Gasteiger partial charge on any atom is 0.232 e. The minimum atomic E-state index is -1.70. The normalized spacial score (nSPS) is 25.8. The number of halogens is 3. The fraction of sp³-hybridized carbons (Fsp3) is 0.381. The number of amides is 1. The number of carbonyl (C=O) groups is 1. The van der Waals surface area contributed by atoms with Crippen molar-refractivity contribution >= 4 is 17.1 Å². The van der Waals surface area contributed by atoms with E-state index in [-0.39, 0.29) is 36.0 Å². The van der Waals surface area contributed by atoms with Crippen molar-refractivity contribution in [3.05, 3.63) is 59.4 Å². The molecule has 2 fully saturated rings. The first-order valence-electron chi connectivity index (χ1n) is 9.84. The summed E-state index contributed by atoms with van der Waals surface area (Å²) in [6.07, 6.45) is 0.973. The number of carbonyl (C=O) groups excluding carboxylic acids is 1. The number of nitrogens with one attached hydrogen (secondary N) is 1. The average molecular weight is 453 g/mol. The summed E-state index contributed by atoms with van der Waals surface area (Å²) in [5.74, 6) is -3.14. The van der Waals surface area contributed by atoms with Crippen LogP contribution in [0.2, 0.25) is 0 Å². The van der Waals surface area contributed by atoms with E-state index in [0.717, 1.165) is 18.2 Å². The Morgan fingerprint density at radius 2 is 1.97 bits per heavy atom. The predicted octanol–water partition coefficient (Wildman–Crippen LogP) is 1.96. The molecule has 166 valence electrons. The van der Waals surface area contributed by atoms with E-state index in [4.69, 9.17) is 5.14 Å². The molecule has 4 N–H and O–H groups in total. The van der Waals surface area contributed by atoms with Crippen molar-refractivity contribution in [1.29, 1.82) is 0 Å². The molecule has 1 aliphatic carbocycles. The number of aliphatic hydroxyl groups excluding tert-OH is 1. The Hall–Kier alpha value is -2.27. The van der Waals surface area contributed by atoms with Gasteiger partial charge in [0, 0.05) is 25.0 Å². The predicted molar refractivity (Wildman–Crippen MR) is 109 cm³/mol. The van der Waals surface area contributed by atoms with Gasteiger partial charge in [-0.1, -0.05) is 12.1 Å². The van der Waals surface area contributed by atoms with Crippen LogP contribution in [0.15, 0.2) is 36.4 Å². The zero-order valence-corrected chi connectivity index (χ0v) is 17.3. The van der Waals surface area contributed by atoms with Gasteiger partial charge in [-0.15, -0.1) is 0 Å². The van der Waals surface area contributed by atoms with Crippen molar-refractivity contribution in [3.8, 4) is 11.1 Å². The van der Waals surface area contributed by atoms with Crippen LogP contribution in [0.25, 0.3) is 11.1 Å². The van der Waals surface area contributed by atoms with Gasteiger partial charge in [0.2, 0.25) is 5.91 Å². The maximum atomic E-state index is 14.4. The van der Waals surface area contributed by atoms with E-state index in [0.29, 0.717) is 18.5 Å². The Labute approximate surface area is 180 Å². The lowest BCUT2D eigenvalue weighted by molar-refractivity contribution is -0.146. The number of nitrogens with two attached hydrogens (primary N) is 1. The van der Waals surface area contributed by atoms with E-state index in [2.05, 4.69) is 4.72 Å². The fourth-order valence-electron chi connectivity index (χ4n) is 4.38. The zero-order chi connectivity index (χ0) is 22.3. The summed E-state index contributed by atoms with van der Waals surface area (Å²) in [7, 11) is 0. The Morgan fingerprint density at radius 3 is 2.55 bits per heavy atom. The van der Waals surface area contributed by atoms with Gasteiger partial charge in [0.05, 0.1) is 17.6 Å². The molecule has 0 radical (unpaired) electrons. The Balaban J connectivity index is 1.65. The van der Waals surface area contributed by atoms with E-state index in [1.165, 1.54) is 18.2 Å². The minimum absolute atomic E-state index is 0.0316. The number of hydrogen-bond donors (Lipinski definition) is 3. The van der Waals surface area contributed by atoms with Crippen LogP contribution in [0.5, 0.6) is 0 Å². The van der Waals surface area contributed by atoms with Gasteiger partial charge in [-0.3, -0.25) is 4.79 Å². The summed E-state index contributed by atoms with van der Waals surface area (Å²) < 4.78 is 56.5. The monoisotopic (exact) mass is 453 g/mol. The first kappa shape index (κ1) is 21.9. The molecular formula is C21H22F3N3O3S. The van der Waals surface area contributed by atoms with E-state index in [1.54, 1.807) is 4.90 Å². The van der Waals surface area contributed by atoms with Crippen molar-refractivity contribution in [2.24, 2.45) is 10.6 Å². The van der Waals surface area contributed by atoms with Crippen LogP contribution in [0.3, 0.4) is 0 Å². The van der Waals surface area contributed by atoms with E-state index < -0.39 is 46.6 Å². The molecule has 0 bridgehead atoms. The van der Waals surface area contributed by atoms with Gasteiger partial charge in [0.1, 0.15) is 17.5 Å². The van der Waals surface area contributed by atoms with Crippen molar-refractivity contribution in [1.82, 2.24) is 9.62 Å². The SMILES string of the molecule is NS(=O)NC[C@@H]1CCN1C(=O)C1(CO)CC1c1ccc(F)cc1-c1c(F)cccc1F. The standard InChI is InChI=1S/C21H22F3N3O3S/c22-12-4-5-14(15(8-12)19-17(23)2-1-3-18(19)24)16-9-21(16,11-28)20(29)27-7-6-13(27)10-26-31(25)30/h1-5,8,13,16,26,28H,6-7,9-11,25H2/t13-,16?,21?,31?/m0/s1. The van der Waals surface area contributed by atoms with Gasteiger partial charge in [0.15, 0.2) is 11.2 Å². The van der Waals surface area contributed by atoms with Gasteiger partial charge < -0.3 is 10.0 Å². The molecule has 2 aromatic rings. The highest BCUT2D eigenvalue weighted by molar-refractivity contribution is 7.80. The summed E-state index contributed by atoms with van der Waals surface area (Å²) in [4.78, 5) is 14.8. The molecule has 6 nitrogen and oxygen atoms in total. The lowest BCUT2D eigenvalue weighted by atomic mass is 9.89. The molecule has 1 saturated heterocycles. The maximum absolute atomic E-state index is 14.4. The van der Waals surface area contributed by atoms with Crippen LogP contribution in [0.1, 0.15) is 24.3 Å². The second kappa shape index (κ2) is 8.34. The molecule has 1 aliphatic heterocycles. The van der Waals surface area contributed by atoms with Crippen molar-refractivity contribution in [3.63, 3.8) is 0 Å². The highest BCUT2D eigenvalue weighted by Gasteiger charge is 2.63. The Kier molecular flexibility index (Phi) is 5.91. The van der Waals surface area contributed by atoms with Gasteiger partial charge in [-0.25, -0.2) is 27.2 Å². The highest BCUT2D eigenvalue weighted by Crippen LogP contribution is 2.62. The summed E-state index contributed by atoms with van der Waals surface area (Å²) in [6, 6.07) is 6.83. The number of benzene rings is 2. The molecule has 10 heteroatoms. The third-order valence-electron chi connectivity index (χ3n) is 6.27. The Bertz CT molecular complexity index is 1030. The first-order chi connectivity index (χ1) is 14.8. The van der Waals surface area contributed by atoms with E-state index >= 15 is 0 Å². The van der Waals surface area contributed by atoms with Crippen LogP contribution in [0.4, 0.5) is 13.2 Å². The van der Waals surface area contributed by atoms with Gasteiger partial charge in [0.25, 0.3) is 0 Å². The largest absolute Gasteiger partial charge is 0.395 e. The second-order valence-corrected chi connectivity index (χ2v) is 8.87. The fourth-order valence-corrected chi connectivity index (χ4v) is 4.74. The molecule has 31 heavy (non-hydrogen) atoms. The van der Waals surface area contributed by atoms with Crippen molar-refractivity contribution in [2.75, 3.05) is 19.7 Å². The van der Waals surface area contributed by atoms with Gasteiger partial charge in [-0.2, -0.15) is 0 Å². The lowest BCUT2D eigenvalue weighted by Crippen LogP contribution is -2.58.